The number of hydrogen-bond acceptors (Lipinski definition) is 5. The summed E-state index contributed by atoms with van der Waals surface area (Å²) in [5.41, 5.74) is 2.24. The van der Waals surface area contributed by atoms with Gasteiger partial charge in [0.1, 0.15) is 5.82 Å². The van der Waals surface area contributed by atoms with Gasteiger partial charge in [-0.15, -0.1) is 10.2 Å². The van der Waals surface area contributed by atoms with Crippen LogP contribution in [0.15, 0.2) is 53.7 Å². The van der Waals surface area contributed by atoms with Crippen LogP contribution in [0.3, 0.4) is 0 Å². The molecule has 0 atom stereocenters. The van der Waals surface area contributed by atoms with Gasteiger partial charge in [0.25, 0.3) is 0 Å². The fourth-order valence-corrected chi connectivity index (χ4v) is 3.43. The molecule has 0 saturated heterocycles. The molecule has 6 heteroatoms. The molecule has 4 rings (SSSR count). The Kier molecular flexibility index (Phi) is 3.67. The van der Waals surface area contributed by atoms with Crippen molar-refractivity contribution in [2.45, 2.75) is 17.8 Å². The third kappa shape index (κ3) is 2.77. The fourth-order valence-electron chi connectivity index (χ4n) is 2.49. The van der Waals surface area contributed by atoms with Gasteiger partial charge in [0.2, 0.25) is 6.79 Å². The minimum atomic E-state index is 0.299. The Morgan fingerprint density at radius 1 is 1.04 bits per heavy atom. The molecule has 1 aliphatic rings. The van der Waals surface area contributed by atoms with Gasteiger partial charge in [-0.2, -0.15) is 0 Å². The van der Waals surface area contributed by atoms with Crippen LogP contribution in [-0.2, 0) is 5.75 Å². The molecule has 1 aliphatic heterocycles. The lowest BCUT2D eigenvalue weighted by Gasteiger charge is -2.08. The molecule has 0 spiro atoms. The van der Waals surface area contributed by atoms with Gasteiger partial charge in [0.05, 0.1) is 0 Å². The van der Waals surface area contributed by atoms with Crippen molar-refractivity contribution in [3.8, 4) is 17.2 Å². The number of aryl methyl sites for hydroxylation is 1. The first kappa shape index (κ1) is 14.1. The van der Waals surface area contributed by atoms with Crippen molar-refractivity contribution in [2.24, 2.45) is 0 Å². The Hall–Kier alpha value is -2.47. The zero-order valence-electron chi connectivity index (χ0n) is 12.6. The molecule has 2 heterocycles. The second-order valence-electron chi connectivity index (χ2n) is 5.18. The zero-order chi connectivity index (χ0) is 15.6. The van der Waals surface area contributed by atoms with Crippen molar-refractivity contribution < 1.29 is 9.47 Å². The molecule has 0 N–H and O–H groups in total. The van der Waals surface area contributed by atoms with Crippen LogP contribution in [0, 0.1) is 6.92 Å². The number of para-hydroxylation sites is 1. The molecule has 0 aliphatic carbocycles. The van der Waals surface area contributed by atoms with E-state index in [2.05, 4.69) is 33.0 Å². The van der Waals surface area contributed by atoms with E-state index < -0.39 is 0 Å². The summed E-state index contributed by atoms with van der Waals surface area (Å²) in [6, 6.07) is 16.2. The molecule has 0 fully saturated rings. The summed E-state index contributed by atoms with van der Waals surface area (Å²) in [5.74, 6) is 3.29. The van der Waals surface area contributed by atoms with Crippen molar-refractivity contribution in [1.82, 2.24) is 14.8 Å². The average molecular weight is 325 g/mol. The summed E-state index contributed by atoms with van der Waals surface area (Å²) in [5, 5.41) is 9.39. The van der Waals surface area contributed by atoms with Gasteiger partial charge in [-0.05, 0) is 36.8 Å². The van der Waals surface area contributed by atoms with Gasteiger partial charge in [0, 0.05) is 11.4 Å². The molecular formula is C17H15N3O2S. The van der Waals surface area contributed by atoms with E-state index in [9.17, 15) is 0 Å². The lowest BCUT2D eigenvalue weighted by molar-refractivity contribution is 0.174. The Morgan fingerprint density at radius 2 is 1.87 bits per heavy atom. The molecule has 0 saturated carbocycles. The number of ether oxygens (including phenoxy) is 2. The predicted molar refractivity (Wildman–Crippen MR) is 88.2 cm³/mol. The summed E-state index contributed by atoms with van der Waals surface area (Å²) in [6.07, 6.45) is 0. The normalized spacial score (nSPS) is 12.6. The van der Waals surface area contributed by atoms with Gasteiger partial charge in [0.15, 0.2) is 16.7 Å². The fraction of sp³-hybridized carbons (Fsp3) is 0.176. The minimum Gasteiger partial charge on any atom is -0.454 e. The van der Waals surface area contributed by atoms with E-state index in [1.807, 2.05) is 37.3 Å². The van der Waals surface area contributed by atoms with Gasteiger partial charge < -0.3 is 9.47 Å². The average Bonchev–Trinajstić information content (AvgIpc) is 3.19. The number of thioether (sulfide) groups is 1. The van der Waals surface area contributed by atoms with Crippen LogP contribution < -0.4 is 9.47 Å². The summed E-state index contributed by atoms with van der Waals surface area (Å²) in [6.45, 7) is 2.26. The molecule has 23 heavy (non-hydrogen) atoms. The summed E-state index contributed by atoms with van der Waals surface area (Å²) in [4.78, 5) is 0. The molecule has 3 aromatic rings. The maximum Gasteiger partial charge on any atom is 0.231 e. The SMILES string of the molecule is Cc1nnc(SCc2ccc3c(c2)OCO3)n1-c1ccccc1. The lowest BCUT2D eigenvalue weighted by Crippen LogP contribution is -1.98. The van der Waals surface area contributed by atoms with Crippen LogP contribution in [-0.4, -0.2) is 21.6 Å². The molecule has 0 bridgehead atoms. The molecule has 0 amide bonds. The van der Waals surface area contributed by atoms with Crippen LogP contribution in [0.4, 0.5) is 0 Å². The molecular weight excluding hydrogens is 310 g/mol. The van der Waals surface area contributed by atoms with E-state index >= 15 is 0 Å². The van der Waals surface area contributed by atoms with Gasteiger partial charge >= 0.3 is 0 Å². The topological polar surface area (TPSA) is 49.2 Å². The molecule has 1 aromatic heterocycles. The van der Waals surface area contributed by atoms with Crippen LogP contribution in [0.25, 0.3) is 5.69 Å². The molecule has 2 aromatic carbocycles. The van der Waals surface area contributed by atoms with Crippen molar-refractivity contribution in [3.05, 3.63) is 59.9 Å². The second-order valence-corrected chi connectivity index (χ2v) is 6.12. The maximum absolute atomic E-state index is 5.42. The highest BCUT2D eigenvalue weighted by Gasteiger charge is 2.15. The third-order valence-electron chi connectivity index (χ3n) is 3.61. The Bertz CT molecular complexity index is 833. The Balaban J connectivity index is 1.56. The Labute approximate surface area is 138 Å². The maximum atomic E-state index is 5.42. The van der Waals surface area contributed by atoms with Crippen molar-refractivity contribution in [3.63, 3.8) is 0 Å². The van der Waals surface area contributed by atoms with Gasteiger partial charge in [-0.1, -0.05) is 36.0 Å². The molecule has 5 nitrogen and oxygen atoms in total. The van der Waals surface area contributed by atoms with Crippen molar-refractivity contribution in [2.75, 3.05) is 6.79 Å². The first-order chi connectivity index (χ1) is 11.3. The largest absolute Gasteiger partial charge is 0.454 e. The van der Waals surface area contributed by atoms with Crippen LogP contribution in [0.5, 0.6) is 11.5 Å². The first-order valence-electron chi connectivity index (χ1n) is 7.30. The Morgan fingerprint density at radius 3 is 2.74 bits per heavy atom. The number of hydrogen-bond donors (Lipinski definition) is 0. The highest BCUT2D eigenvalue weighted by molar-refractivity contribution is 7.98. The highest BCUT2D eigenvalue weighted by Crippen LogP contribution is 2.34. The van der Waals surface area contributed by atoms with Gasteiger partial charge in [-0.25, -0.2) is 0 Å². The van der Waals surface area contributed by atoms with Gasteiger partial charge in [-0.3, -0.25) is 4.57 Å². The monoisotopic (exact) mass is 325 g/mol. The standard InChI is InChI=1S/C17H15N3O2S/c1-12-18-19-17(20(12)14-5-3-2-4-6-14)23-10-13-7-8-15-16(9-13)22-11-21-15/h2-9H,10-11H2,1H3. The number of fused-ring (bicyclic) bond motifs is 1. The van der Waals surface area contributed by atoms with Crippen molar-refractivity contribution in [1.29, 1.82) is 0 Å². The quantitative estimate of drug-likeness (QED) is 0.686. The molecule has 0 radical (unpaired) electrons. The smallest absolute Gasteiger partial charge is 0.231 e. The van der Waals surface area contributed by atoms with E-state index in [0.29, 0.717) is 6.79 Å². The van der Waals surface area contributed by atoms with Crippen LogP contribution >= 0.6 is 11.8 Å². The molecule has 0 unspecified atom stereocenters. The summed E-state index contributed by atoms with van der Waals surface area (Å²) >= 11 is 1.65. The minimum absolute atomic E-state index is 0.299. The first-order valence-corrected chi connectivity index (χ1v) is 8.28. The number of aromatic nitrogens is 3. The van der Waals surface area contributed by atoms with E-state index in [1.54, 1.807) is 11.8 Å². The molecule has 116 valence electrons. The highest BCUT2D eigenvalue weighted by atomic mass is 32.2. The lowest BCUT2D eigenvalue weighted by atomic mass is 10.2. The van der Waals surface area contributed by atoms with Crippen LogP contribution in [0.2, 0.25) is 0 Å². The van der Waals surface area contributed by atoms with E-state index in [-0.39, 0.29) is 0 Å². The van der Waals surface area contributed by atoms with E-state index in [4.69, 9.17) is 9.47 Å². The zero-order valence-corrected chi connectivity index (χ0v) is 13.4. The number of rotatable bonds is 4. The van der Waals surface area contributed by atoms with E-state index in [0.717, 1.165) is 33.9 Å². The van der Waals surface area contributed by atoms with E-state index in [1.165, 1.54) is 5.56 Å². The number of benzene rings is 2. The van der Waals surface area contributed by atoms with Crippen molar-refractivity contribution >= 4 is 11.8 Å². The summed E-state index contributed by atoms with van der Waals surface area (Å²) < 4.78 is 12.8. The number of nitrogens with zero attached hydrogens (tertiary/aromatic N) is 3. The predicted octanol–water partition coefficient (Wildman–Crippen LogP) is 3.60. The van der Waals surface area contributed by atoms with Crippen LogP contribution in [0.1, 0.15) is 11.4 Å². The second kappa shape index (κ2) is 5.96. The summed E-state index contributed by atoms with van der Waals surface area (Å²) in [7, 11) is 0. The third-order valence-corrected chi connectivity index (χ3v) is 4.61.